The summed E-state index contributed by atoms with van der Waals surface area (Å²) in [6.45, 7) is 12.9. The maximum Gasteiger partial charge on any atom is 0.416 e. The number of carbonyl (C=O) groups excluding carboxylic acids is 1. The van der Waals surface area contributed by atoms with Crippen molar-refractivity contribution in [2.75, 3.05) is 32.7 Å². The minimum absolute atomic E-state index is 0.00334. The minimum Gasteiger partial charge on any atom is -0.338 e. The van der Waals surface area contributed by atoms with Gasteiger partial charge in [0, 0.05) is 56.4 Å². The lowest BCUT2D eigenvalue weighted by Gasteiger charge is -2.51. The Bertz CT molecular complexity index is 1350. The van der Waals surface area contributed by atoms with Crippen LogP contribution in [0.5, 0.6) is 0 Å². The number of hydrogen-bond donors (Lipinski definition) is 0. The van der Waals surface area contributed by atoms with Crippen LogP contribution in [0.2, 0.25) is 0 Å². The van der Waals surface area contributed by atoms with Crippen LogP contribution in [0.15, 0.2) is 54.6 Å². The number of piperazine rings is 1. The summed E-state index contributed by atoms with van der Waals surface area (Å²) in [4.78, 5) is 29.7. The molecule has 0 bridgehead atoms. The number of piperidine rings is 1. The molecule has 3 heterocycles. The van der Waals surface area contributed by atoms with Crippen molar-refractivity contribution < 1.29 is 18.0 Å². The molecular weight excluding hydrogens is 527 g/mol. The number of likely N-dealkylation sites (tertiary alicyclic amines) is 1. The SMILES string of the molecule is Cc1nc(-c2ccccc2)nc(C)c1C(=O)N1CCC(C)(N2CCN(Cc3ccc(C(F)(F)F)cc3)[C@@H](C)C2)CC1. The Balaban J connectivity index is 1.18. The number of hydrogen-bond acceptors (Lipinski definition) is 5. The van der Waals surface area contributed by atoms with Crippen LogP contribution in [-0.4, -0.2) is 74.9 Å². The summed E-state index contributed by atoms with van der Waals surface area (Å²) in [5.74, 6) is 0.631. The highest BCUT2D eigenvalue weighted by Gasteiger charge is 2.40. The third kappa shape index (κ3) is 6.31. The van der Waals surface area contributed by atoms with E-state index in [4.69, 9.17) is 0 Å². The van der Waals surface area contributed by atoms with Gasteiger partial charge >= 0.3 is 6.18 Å². The zero-order chi connectivity index (χ0) is 29.4. The van der Waals surface area contributed by atoms with Crippen molar-refractivity contribution in [2.45, 2.75) is 64.8 Å². The van der Waals surface area contributed by atoms with Crippen molar-refractivity contribution in [3.05, 3.63) is 82.7 Å². The molecular formula is C32H38F3N5O. The molecule has 0 saturated carbocycles. The van der Waals surface area contributed by atoms with Crippen molar-refractivity contribution in [2.24, 2.45) is 0 Å². The Morgan fingerprint density at radius 3 is 2.10 bits per heavy atom. The highest BCUT2D eigenvalue weighted by molar-refractivity contribution is 5.96. The summed E-state index contributed by atoms with van der Waals surface area (Å²) < 4.78 is 38.7. The van der Waals surface area contributed by atoms with Crippen molar-refractivity contribution in [3.63, 3.8) is 0 Å². The fourth-order valence-electron chi connectivity index (χ4n) is 6.16. The number of aryl methyl sites for hydroxylation is 2. The normalized spacial score (nSPS) is 20.3. The standard InChI is InChI=1S/C32H38F3N5O/c1-22-20-40(19-18-39(22)21-25-10-12-27(13-11-25)32(33,34)35)31(4)14-16-38(17-15-31)30(41)28-23(2)36-29(37-24(28)3)26-8-6-5-7-9-26/h5-13,22H,14-21H2,1-4H3/t22-/m0/s1. The Morgan fingerprint density at radius 1 is 0.927 bits per heavy atom. The molecule has 1 aromatic heterocycles. The average molecular weight is 566 g/mol. The van der Waals surface area contributed by atoms with Gasteiger partial charge in [-0.2, -0.15) is 13.2 Å². The predicted octanol–water partition coefficient (Wildman–Crippen LogP) is 5.98. The number of aromatic nitrogens is 2. The molecule has 6 nitrogen and oxygen atoms in total. The van der Waals surface area contributed by atoms with Crippen LogP contribution < -0.4 is 0 Å². The quantitative estimate of drug-likeness (QED) is 0.381. The van der Waals surface area contributed by atoms with Crippen LogP contribution in [-0.2, 0) is 12.7 Å². The van der Waals surface area contributed by atoms with E-state index in [2.05, 4.69) is 33.6 Å². The summed E-state index contributed by atoms with van der Waals surface area (Å²) in [5, 5.41) is 0. The van der Waals surface area contributed by atoms with E-state index in [1.807, 2.05) is 49.1 Å². The van der Waals surface area contributed by atoms with E-state index in [1.54, 1.807) is 12.1 Å². The fraction of sp³-hybridized carbons (Fsp3) is 0.469. The van der Waals surface area contributed by atoms with Gasteiger partial charge in [0.25, 0.3) is 5.91 Å². The molecule has 0 aliphatic carbocycles. The highest BCUT2D eigenvalue weighted by Crippen LogP contribution is 2.33. The van der Waals surface area contributed by atoms with Crippen LogP contribution in [0, 0.1) is 13.8 Å². The van der Waals surface area contributed by atoms with Crippen molar-refractivity contribution in [1.29, 1.82) is 0 Å². The zero-order valence-electron chi connectivity index (χ0n) is 24.2. The monoisotopic (exact) mass is 565 g/mol. The predicted molar refractivity (Wildman–Crippen MR) is 153 cm³/mol. The van der Waals surface area contributed by atoms with E-state index in [1.165, 1.54) is 12.1 Å². The molecule has 2 fully saturated rings. The lowest BCUT2D eigenvalue weighted by atomic mass is 9.86. The molecule has 0 unspecified atom stereocenters. The van der Waals surface area contributed by atoms with E-state index >= 15 is 0 Å². The Hall–Kier alpha value is -3.30. The number of carbonyl (C=O) groups is 1. The first-order valence-electron chi connectivity index (χ1n) is 14.3. The third-order valence-electron chi connectivity index (χ3n) is 8.84. The van der Waals surface area contributed by atoms with Crippen molar-refractivity contribution in [1.82, 2.24) is 24.7 Å². The van der Waals surface area contributed by atoms with Gasteiger partial charge in [0.2, 0.25) is 0 Å². The van der Waals surface area contributed by atoms with Crippen molar-refractivity contribution >= 4 is 5.91 Å². The maximum atomic E-state index is 13.6. The van der Waals surface area contributed by atoms with Crippen LogP contribution in [0.3, 0.4) is 0 Å². The van der Waals surface area contributed by atoms with Gasteiger partial charge in [0.1, 0.15) is 0 Å². The molecule has 5 rings (SSSR count). The molecule has 2 aliphatic heterocycles. The van der Waals surface area contributed by atoms with E-state index in [-0.39, 0.29) is 17.5 Å². The van der Waals surface area contributed by atoms with Gasteiger partial charge in [0.15, 0.2) is 5.82 Å². The number of alkyl halides is 3. The van der Waals surface area contributed by atoms with E-state index in [0.29, 0.717) is 42.4 Å². The number of amides is 1. The Kier molecular flexibility index (Phi) is 8.21. The van der Waals surface area contributed by atoms with Crippen LogP contribution in [0.4, 0.5) is 13.2 Å². The van der Waals surface area contributed by atoms with Crippen LogP contribution >= 0.6 is 0 Å². The molecule has 1 amide bonds. The van der Waals surface area contributed by atoms with Gasteiger partial charge < -0.3 is 4.90 Å². The molecule has 0 radical (unpaired) electrons. The second-order valence-electron chi connectivity index (χ2n) is 11.7. The van der Waals surface area contributed by atoms with Crippen LogP contribution in [0.25, 0.3) is 11.4 Å². The number of nitrogens with zero attached hydrogens (tertiary/aromatic N) is 5. The van der Waals surface area contributed by atoms with Gasteiger partial charge in [0.05, 0.1) is 22.5 Å². The molecule has 1 atom stereocenters. The fourth-order valence-corrected chi connectivity index (χ4v) is 6.16. The molecule has 2 aromatic carbocycles. The van der Waals surface area contributed by atoms with Gasteiger partial charge in [-0.15, -0.1) is 0 Å². The molecule has 2 aliphatic rings. The van der Waals surface area contributed by atoms with Crippen LogP contribution in [0.1, 0.15) is 59.6 Å². The molecule has 218 valence electrons. The number of halogens is 3. The van der Waals surface area contributed by atoms with Gasteiger partial charge in [-0.3, -0.25) is 14.6 Å². The summed E-state index contributed by atoms with van der Waals surface area (Å²) in [6.07, 6.45) is -2.55. The van der Waals surface area contributed by atoms with Gasteiger partial charge in [-0.25, -0.2) is 9.97 Å². The lowest BCUT2D eigenvalue weighted by molar-refractivity contribution is -0.137. The number of benzene rings is 2. The molecule has 3 aromatic rings. The summed E-state index contributed by atoms with van der Waals surface area (Å²) in [7, 11) is 0. The summed E-state index contributed by atoms with van der Waals surface area (Å²) in [5.41, 5.74) is 3.20. The molecule has 2 saturated heterocycles. The van der Waals surface area contributed by atoms with Gasteiger partial charge in [-0.05, 0) is 58.2 Å². The van der Waals surface area contributed by atoms with E-state index < -0.39 is 11.7 Å². The topological polar surface area (TPSA) is 52.6 Å². The Labute approximate surface area is 240 Å². The lowest BCUT2D eigenvalue weighted by Crippen LogP contribution is -2.61. The largest absolute Gasteiger partial charge is 0.416 e. The smallest absolute Gasteiger partial charge is 0.338 e. The molecule has 0 spiro atoms. The zero-order valence-corrected chi connectivity index (χ0v) is 24.2. The van der Waals surface area contributed by atoms with Crippen molar-refractivity contribution in [3.8, 4) is 11.4 Å². The molecule has 9 heteroatoms. The molecule has 0 N–H and O–H groups in total. The third-order valence-corrected chi connectivity index (χ3v) is 8.84. The minimum atomic E-state index is -4.31. The number of rotatable bonds is 5. The second kappa shape index (κ2) is 11.5. The first-order chi connectivity index (χ1) is 19.4. The average Bonchev–Trinajstić information content (AvgIpc) is 2.94. The Morgan fingerprint density at radius 2 is 1.54 bits per heavy atom. The highest BCUT2D eigenvalue weighted by atomic mass is 19.4. The molecule has 41 heavy (non-hydrogen) atoms. The summed E-state index contributed by atoms with van der Waals surface area (Å²) >= 11 is 0. The first kappa shape index (κ1) is 29.2. The van der Waals surface area contributed by atoms with Gasteiger partial charge in [-0.1, -0.05) is 42.5 Å². The first-order valence-corrected chi connectivity index (χ1v) is 14.3. The summed E-state index contributed by atoms with van der Waals surface area (Å²) in [6, 6.07) is 15.6. The maximum absolute atomic E-state index is 13.6. The van der Waals surface area contributed by atoms with E-state index in [0.717, 1.165) is 43.6 Å². The second-order valence-corrected chi connectivity index (χ2v) is 11.7. The van der Waals surface area contributed by atoms with E-state index in [9.17, 15) is 18.0 Å².